The van der Waals surface area contributed by atoms with Crippen LogP contribution in [0.3, 0.4) is 0 Å². The van der Waals surface area contributed by atoms with E-state index in [2.05, 4.69) is 10.2 Å². The van der Waals surface area contributed by atoms with Crippen molar-refractivity contribution in [3.05, 3.63) is 53.1 Å². The summed E-state index contributed by atoms with van der Waals surface area (Å²) in [6.45, 7) is 3.79. The van der Waals surface area contributed by atoms with Crippen molar-refractivity contribution in [1.29, 1.82) is 0 Å². The number of methoxy groups -OCH3 is 2. The Labute approximate surface area is 153 Å². The molecule has 0 aliphatic rings. The van der Waals surface area contributed by atoms with Crippen molar-refractivity contribution in [3.63, 3.8) is 0 Å². The second-order valence-corrected chi connectivity index (χ2v) is 5.93. The molecule has 25 heavy (non-hydrogen) atoms. The van der Waals surface area contributed by atoms with Gasteiger partial charge in [0.25, 0.3) is 0 Å². The Morgan fingerprint density at radius 2 is 1.80 bits per heavy atom. The Bertz CT molecular complexity index is 707. The van der Waals surface area contributed by atoms with E-state index in [0.717, 1.165) is 6.54 Å². The minimum absolute atomic E-state index is 0.125. The van der Waals surface area contributed by atoms with Crippen molar-refractivity contribution in [2.75, 3.05) is 32.6 Å². The fraction of sp³-hybridized carbons (Fsp3) is 0.316. The molecule has 0 saturated heterocycles. The number of likely N-dealkylation sites (N-methyl/N-ethyl adjacent to an activating group) is 1. The largest absolute Gasteiger partial charge is 0.495 e. The van der Waals surface area contributed by atoms with Gasteiger partial charge in [0.2, 0.25) is 5.91 Å². The van der Waals surface area contributed by atoms with Gasteiger partial charge >= 0.3 is 0 Å². The summed E-state index contributed by atoms with van der Waals surface area (Å²) in [5, 5.41) is 3.30. The molecule has 0 heterocycles. The zero-order valence-electron chi connectivity index (χ0n) is 14.7. The van der Waals surface area contributed by atoms with Crippen LogP contribution in [0.5, 0.6) is 11.5 Å². The molecule has 0 aliphatic carbocycles. The predicted molar refractivity (Wildman–Crippen MR) is 101 cm³/mol. The maximum Gasteiger partial charge on any atom is 0.238 e. The highest BCUT2D eigenvalue weighted by Crippen LogP contribution is 2.35. The van der Waals surface area contributed by atoms with Gasteiger partial charge in [-0.15, -0.1) is 0 Å². The molecule has 1 N–H and O–H groups in total. The molecule has 0 bridgehead atoms. The zero-order valence-corrected chi connectivity index (χ0v) is 15.5. The maximum atomic E-state index is 12.4. The molecule has 0 fully saturated rings. The van der Waals surface area contributed by atoms with Crippen LogP contribution in [0.2, 0.25) is 5.02 Å². The summed E-state index contributed by atoms with van der Waals surface area (Å²) in [4.78, 5) is 14.5. The Morgan fingerprint density at radius 1 is 1.12 bits per heavy atom. The number of carbonyl (C=O) groups excluding carboxylic acids is 1. The van der Waals surface area contributed by atoms with Gasteiger partial charge in [0.05, 0.1) is 31.5 Å². The van der Waals surface area contributed by atoms with Crippen LogP contribution in [0.15, 0.2) is 42.5 Å². The Morgan fingerprint density at radius 3 is 2.40 bits per heavy atom. The molecular formula is C19H23ClN2O3. The predicted octanol–water partition coefficient (Wildman–Crippen LogP) is 3.82. The fourth-order valence-electron chi connectivity index (χ4n) is 2.47. The number of rotatable bonds is 8. The van der Waals surface area contributed by atoms with E-state index in [9.17, 15) is 4.79 Å². The lowest BCUT2D eigenvalue weighted by molar-refractivity contribution is -0.117. The molecule has 5 nitrogen and oxygen atoms in total. The van der Waals surface area contributed by atoms with Gasteiger partial charge in [-0.1, -0.05) is 48.9 Å². The van der Waals surface area contributed by atoms with E-state index in [1.54, 1.807) is 12.1 Å². The maximum absolute atomic E-state index is 12.4. The van der Waals surface area contributed by atoms with Gasteiger partial charge in [-0.25, -0.2) is 0 Å². The van der Waals surface area contributed by atoms with Crippen molar-refractivity contribution < 1.29 is 14.3 Å². The highest BCUT2D eigenvalue weighted by atomic mass is 35.5. The third-order valence-electron chi connectivity index (χ3n) is 3.81. The lowest BCUT2D eigenvalue weighted by Gasteiger charge is -2.20. The van der Waals surface area contributed by atoms with Gasteiger partial charge in [-0.05, 0) is 12.1 Å². The van der Waals surface area contributed by atoms with Crippen LogP contribution >= 0.6 is 11.6 Å². The van der Waals surface area contributed by atoms with E-state index in [1.807, 2.05) is 37.3 Å². The molecule has 0 aliphatic heterocycles. The summed E-state index contributed by atoms with van der Waals surface area (Å²) in [7, 11) is 3.06. The van der Waals surface area contributed by atoms with Crippen molar-refractivity contribution in [3.8, 4) is 11.5 Å². The first-order valence-corrected chi connectivity index (χ1v) is 8.42. The van der Waals surface area contributed by atoms with E-state index in [1.165, 1.54) is 19.8 Å². The fourth-order valence-corrected chi connectivity index (χ4v) is 2.70. The molecule has 1 amide bonds. The zero-order chi connectivity index (χ0) is 18.2. The van der Waals surface area contributed by atoms with Gasteiger partial charge < -0.3 is 14.8 Å². The van der Waals surface area contributed by atoms with Gasteiger partial charge in [-0.3, -0.25) is 9.69 Å². The Balaban J connectivity index is 2.05. The summed E-state index contributed by atoms with van der Waals surface area (Å²) < 4.78 is 10.5. The summed E-state index contributed by atoms with van der Waals surface area (Å²) in [6.07, 6.45) is 0. The summed E-state index contributed by atoms with van der Waals surface area (Å²) >= 11 is 6.09. The van der Waals surface area contributed by atoms with Crippen molar-refractivity contribution in [1.82, 2.24) is 4.90 Å². The smallest absolute Gasteiger partial charge is 0.238 e. The second kappa shape index (κ2) is 9.30. The second-order valence-electron chi connectivity index (χ2n) is 5.52. The number of ether oxygens (including phenoxy) is 2. The molecule has 0 spiro atoms. The van der Waals surface area contributed by atoms with Crippen molar-refractivity contribution in [2.45, 2.75) is 13.5 Å². The van der Waals surface area contributed by atoms with Crippen LogP contribution in [0.25, 0.3) is 0 Å². The molecule has 2 rings (SSSR count). The number of anilines is 1. The molecule has 2 aromatic carbocycles. The standard InChI is InChI=1S/C19H23ClN2O3/c1-4-22(12-14-8-6-5-7-9-14)13-19(23)21-16-11-17(24-2)15(20)10-18(16)25-3/h5-11H,4,12-13H2,1-3H3,(H,21,23). The molecule has 0 radical (unpaired) electrons. The summed E-state index contributed by atoms with van der Waals surface area (Å²) in [5.41, 5.74) is 1.70. The third-order valence-corrected chi connectivity index (χ3v) is 4.11. The topological polar surface area (TPSA) is 50.8 Å². The molecule has 6 heteroatoms. The van der Waals surface area contributed by atoms with Gasteiger partial charge in [-0.2, -0.15) is 0 Å². The number of carbonyl (C=O) groups is 1. The average Bonchev–Trinajstić information content (AvgIpc) is 2.63. The molecular weight excluding hydrogens is 340 g/mol. The van der Waals surface area contributed by atoms with E-state index in [-0.39, 0.29) is 12.5 Å². The molecule has 0 saturated carbocycles. The molecule has 2 aromatic rings. The Kier molecular flexibility index (Phi) is 7.10. The highest BCUT2D eigenvalue weighted by molar-refractivity contribution is 6.32. The van der Waals surface area contributed by atoms with Gasteiger partial charge in [0.1, 0.15) is 11.5 Å². The monoisotopic (exact) mass is 362 g/mol. The minimum atomic E-state index is -0.125. The first kappa shape index (κ1) is 19.1. The molecule has 0 aromatic heterocycles. The van der Waals surface area contributed by atoms with Gasteiger partial charge in [0.15, 0.2) is 0 Å². The number of amides is 1. The molecule has 134 valence electrons. The molecule has 0 unspecified atom stereocenters. The van der Waals surface area contributed by atoms with Crippen LogP contribution in [-0.2, 0) is 11.3 Å². The minimum Gasteiger partial charge on any atom is -0.495 e. The van der Waals surface area contributed by atoms with Crippen LogP contribution in [-0.4, -0.2) is 38.1 Å². The lowest BCUT2D eigenvalue weighted by Crippen LogP contribution is -2.32. The Hall–Kier alpha value is -2.24. The van der Waals surface area contributed by atoms with Crippen LogP contribution in [0.1, 0.15) is 12.5 Å². The van der Waals surface area contributed by atoms with Crippen LogP contribution in [0.4, 0.5) is 5.69 Å². The van der Waals surface area contributed by atoms with Crippen LogP contribution in [0, 0.1) is 0 Å². The molecule has 0 atom stereocenters. The van der Waals surface area contributed by atoms with Gasteiger partial charge in [0, 0.05) is 18.7 Å². The summed E-state index contributed by atoms with van der Waals surface area (Å²) in [5.74, 6) is 0.847. The first-order valence-electron chi connectivity index (χ1n) is 8.05. The van der Waals surface area contributed by atoms with Crippen LogP contribution < -0.4 is 14.8 Å². The highest BCUT2D eigenvalue weighted by Gasteiger charge is 2.15. The normalized spacial score (nSPS) is 10.6. The third kappa shape index (κ3) is 5.37. The number of halogens is 1. The number of nitrogens with one attached hydrogen (secondary N) is 1. The van der Waals surface area contributed by atoms with E-state index < -0.39 is 0 Å². The lowest BCUT2D eigenvalue weighted by atomic mass is 10.2. The number of nitrogens with zero attached hydrogens (tertiary/aromatic N) is 1. The first-order chi connectivity index (χ1) is 12.1. The van der Waals surface area contributed by atoms with E-state index in [4.69, 9.17) is 21.1 Å². The number of hydrogen-bond acceptors (Lipinski definition) is 4. The van der Waals surface area contributed by atoms with E-state index in [0.29, 0.717) is 28.8 Å². The van der Waals surface area contributed by atoms with Crippen molar-refractivity contribution >= 4 is 23.2 Å². The number of benzene rings is 2. The quantitative estimate of drug-likeness (QED) is 0.775. The number of hydrogen-bond donors (Lipinski definition) is 1. The average molecular weight is 363 g/mol. The summed E-state index contributed by atoms with van der Waals surface area (Å²) in [6, 6.07) is 13.3. The SMILES string of the molecule is CCN(CC(=O)Nc1cc(OC)c(Cl)cc1OC)Cc1ccccc1. The van der Waals surface area contributed by atoms with Crippen molar-refractivity contribution in [2.24, 2.45) is 0 Å². The van der Waals surface area contributed by atoms with E-state index >= 15 is 0 Å².